The number of aryl methyl sites for hydroxylation is 2. The van der Waals surface area contributed by atoms with Gasteiger partial charge in [0.05, 0.1) is 5.56 Å². The molecule has 1 N–H and O–H groups in total. The summed E-state index contributed by atoms with van der Waals surface area (Å²) in [5, 5.41) is 11.7. The predicted octanol–water partition coefficient (Wildman–Crippen LogP) is 4.32. The van der Waals surface area contributed by atoms with Gasteiger partial charge in [-0.15, -0.1) is 0 Å². The van der Waals surface area contributed by atoms with Crippen LogP contribution >= 0.6 is 0 Å². The van der Waals surface area contributed by atoms with E-state index in [1.54, 1.807) is 12.1 Å². The van der Waals surface area contributed by atoms with Gasteiger partial charge in [0, 0.05) is 0 Å². The van der Waals surface area contributed by atoms with E-state index in [4.69, 9.17) is 0 Å². The van der Waals surface area contributed by atoms with Gasteiger partial charge in [-0.1, -0.05) is 60.7 Å². The summed E-state index contributed by atoms with van der Waals surface area (Å²) in [6.07, 6.45) is 1.58. The first kappa shape index (κ1) is 13.4. The molecule has 0 atom stereocenters. The van der Waals surface area contributed by atoms with E-state index in [0.717, 1.165) is 18.4 Å². The standard InChI is InChI=1S/C19H16O2/c20-19(21)18-8-4-3-6-16(18)12-10-14-9-11-15-5-1-2-7-17(15)13-14/h1-9,11,13H,10,12H2,(H,20,21). The smallest absolute Gasteiger partial charge is 0.335 e. The predicted molar refractivity (Wildman–Crippen MR) is 84.8 cm³/mol. The Bertz CT molecular complexity index is 790. The van der Waals surface area contributed by atoms with Crippen molar-refractivity contribution in [2.24, 2.45) is 0 Å². The fraction of sp³-hybridized carbons (Fsp3) is 0.105. The van der Waals surface area contributed by atoms with Crippen LogP contribution in [0, 0.1) is 0 Å². The normalized spacial score (nSPS) is 10.7. The molecule has 0 aliphatic heterocycles. The number of carboxylic acid groups (broad SMARTS) is 1. The summed E-state index contributed by atoms with van der Waals surface area (Å²) in [6.45, 7) is 0. The van der Waals surface area contributed by atoms with Crippen molar-refractivity contribution in [2.45, 2.75) is 12.8 Å². The van der Waals surface area contributed by atoms with Gasteiger partial charge in [0.25, 0.3) is 0 Å². The first-order valence-corrected chi connectivity index (χ1v) is 7.03. The van der Waals surface area contributed by atoms with Gasteiger partial charge < -0.3 is 5.11 Å². The topological polar surface area (TPSA) is 37.3 Å². The summed E-state index contributed by atoms with van der Waals surface area (Å²) in [7, 11) is 0. The van der Waals surface area contributed by atoms with Crippen LogP contribution in [0.3, 0.4) is 0 Å². The van der Waals surface area contributed by atoms with E-state index in [1.165, 1.54) is 16.3 Å². The van der Waals surface area contributed by atoms with Crippen LogP contribution in [0.15, 0.2) is 66.7 Å². The van der Waals surface area contributed by atoms with E-state index in [1.807, 2.05) is 24.3 Å². The monoisotopic (exact) mass is 276 g/mol. The van der Waals surface area contributed by atoms with E-state index in [2.05, 4.69) is 30.3 Å². The minimum absolute atomic E-state index is 0.401. The SMILES string of the molecule is O=C(O)c1ccccc1CCc1ccc2ccccc2c1. The molecule has 0 aliphatic rings. The lowest BCUT2D eigenvalue weighted by atomic mass is 9.98. The molecule has 0 aliphatic carbocycles. The maximum absolute atomic E-state index is 11.2. The van der Waals surface area contributed by atoms with Crippen LogP contribution in [0.25, 0.3) is 10.8 Å². The van der Waals surface area contributed by atoms with Gasteiger partial charge in [-0.2, -0.15) is 0 Å². The van der Waals surface area contributed by atoms with Crippen LogP contribution in [0.4, 0.5) is 0 Å². The molecule has 0 unspecified atom stereocenters. The zero-order chi connectivity index (χ0) is 14.7. The van der Waals surface area contributed by atoms with Gasteiger partial charge in [-0.25, -0.2) is 4.79 Å². The number of benzene rings is 3. The van der Waals surface area contributed by atoms with E-state index in [-0.39, 0.29) is 0 Å². The van der Waals surface area contributed by atoms with E-state index >= 15 is 0 Å². The molecule has 0 heterocycles. The second-order valence-electron chi connectivity index (χ2n) is 5.14. The third-order valence-electron chi connectivity index (χ3n) is 3.74. The van der Waals surface area contributed by atoms with Crippen molar-refractivity contribution in [3.63, 3.8) is 0 Å². The quantitative estimate of drug-likeness (QED) is 0.770. The van der Waals surface area contributed by atoms with Crippen molar-refractivity contribution in [1.82, 2.24) is 0 Å². The Morgan fingerprint density at radius 3 is 2.33 bits per heavy atom. The Morgan fingerprint density at radius 2 is 1.52 bits per heavy atom. The van der Waals surface area contributed by atoms with E-state index < -0.39 is 5.97 Å². The molecule has 3 aromatic rings. The molecular formula is C19H16O2. The molecule has 0 bridgehead atoms. The number of hydrogen-bond acceptors (Lipinski definition) is 1. The van der Waals surface area contributed by atoms with Gasteiger partial charge in [0.2, 0.25) is 0 Å². The van der Waals surface area contributed by atoms with Crippen LogP contribution in [0.1, 0.15) is 21.5 Å². The first-order chi connectivity index (χ1) is 10.2. The van der Waals surface area contributed by atoms with Crippen molar-refractivity contribution in [3.8, 4) is 0 Å². The second-order valence-corrected chi connectivity index (χ2v) is 5.14. The van der Waals surface area contributed by atoms with Crippen LogP contribution in [-0.2, 0) is 12.8 Å². The molecule has 0 aromatic heterocycles. The van der Waals surface area contributed by atoms with Gasteiger partial charge in [0.15, 0.2) is 0 Å². The first-order valence-electron chi connectivity index (χ1n) is 7.03. The minimum Gasteiger partial charge on any atom is -0.478 e. The Labute approximate surface area is 123 Å². The van der Waals surface area contributed by atoms with Gasteiger partial charge >= 0.3 is 5.97 Å². The van der Waals surface area contributed by atoms with Crippen molar-refractivity contribution < 1.29 is 9.90 Å². The summed E-state index contributed by atoms with van der Waals surface area (Å²) in [4.78, 5) is 11.2. The second kappa shape index (κ2) is 5.80. The summed E-state index contributed by atoms with van der Waals surface area (Å²) < 4.78 is 0. The molecule has 3 rings (SSSR count). The molecule has 0 radical (unpaired) electrons. The number of carbonyl (C=O) groups is 1. The Balaban J connectivity index is 1.82. The fourth-order valence-corrected chi connectivity index (χ4v) is 2.62. The van der Waals surface area contributed by atoms with E-state index in [9.17, 15) is 9.90 Å². The molecular weight excluding hydrogens is 260 g/mol. The lowest BCUT2D eigenvalue weighted by molar-refractivity contribution is 0.0695. The zero-order valence-electron chi connectivity index (χ0n) is 11.6. The van der Waals surface area contributed by atoms with Crippen molar-refractivity contribution in [2.75, 3.05) is 0 Å². The molecule has 2 nitrogen and oxygen atoms in total. The molecule has 104 valence electrons. The van der Waals surface area contributed by atoms with Crippen molar-refractivity contribution in [1.29, 1.82) is 0 Å². The summed E-state index contributed by atoms with van der Waals surface area (Å²) >= 11 is 0. The maximum Gasteiger partial charge on any atom is 0.335 e. The molecule has 21 heavy (non-hydrogen) atoms. The van der Waals surface area contributed by atoms with Crippen molar-refractivity contribution in [3.05, 3.63) is 83.4 Å². The van der Waals surface area contributed by atoms with E-state index in [0.29, 0.717) is 5.56 Å². The molecule has 0 saturated carbocycles. The van der Waals surface area contributed by atoms with Crippen LogP contribution in [0.2, 0.25) is 0 Å². The average Bonchev–Trinajstić information content (AvgIpc) is 2.53. The van der Waals surface area contributed by atoms with Crippen LogP contribution < -0.4 is 0 Å². The summed E-state index contributed by atoms with van der Waals surface area (Å²) in [5.74, 6) is -0.857. The van der Waals surface area contributed by atoms with Gasteiger partial charge in [-0.05, 0) is 40.8 Å². The largest absolute Gasteiger partial charge is 0.478 e. The number of aromatic carboxylic acids is 1. The number of fused-ring (bicyclic) bond motifs is 1. The third kappa shape index (κ3) is 2.95. The molecule has 3 aromatic carbocycles. The third-order valence-corrected chi connectivity index (χ3v) is 3.74. The zero-order valence-corrected chi connectivity index (χ0v) is 11.6. The Hall–Kier alpha value is -2.61. The Kier molecular flexibility index (Phi) is 3.69. The molecule has 2 heteroatoms. The van der Waals surface area contributed by atoms with Gasteiger partial charge in [0.1, 0.15) is 0 Å². The van der Waals surface area contributed by atoms with Crippen molar-refractivity contribution >= 4 is 16.7 Å². The Morgan fingerprint density at radius 1 is 0.810 bits per heavy atom. The average molecular weight is 276 g/mol. The highest BCUT2D eigenvalue weighted by atomic mass is 16.4. The lowest BCUT2D eigenvalue weighted by Crippen LogP contribution is -2.03. The highest BCUT2D eigenvalue weighted by Crippen LogP contribution is 2.18. The van der Waals surface area contributed by atoms with Crippen LogP contribution in [0.5, 0.6) is 0 Å². The highest BCUT2D eigenvalue weighted by molar-refractivity contribution is 5.89. The molecule has 0 spiro atoms. The lowest BCUT2D eigenvalue weighted by Gasteiger charge is -2.07. The van der Waals surface area contributed by atoms with Gasteiger partial charge in [-0.3, -0.25) is 0 Å². The number of hydrogen-bond donors (Lipinski definition) is 1. The molecule has 0 saturated heterocycles. The molecule has 0 fully saturated rings. The number of carboxylic acids is 1. The highest BCUT2D eigenvalue weighted by Gasteiger charge is 2.08. The fourth-order valence-electron chi connectivity index (χ4n) is 2.62. The number of rotatable bonds is 4. The summed E-state index contributed by atoms with van der Waals surface area (Å²) in [5.41, 5.74) is 2.52. The maximum atomic E-state index is 11.2. The van der Waals surface area contributed by atoms with Crippen LogP contribution in [-0.4, -0.2) is 11.1 Å². The minimum atomic E-state index is -0.857. The summed E-state index contributed by atoms with van der Waals surface area (Å²) in [6, 6.07) is 21.9. The molecule has 0 amide bonds.